The Morgan fingerprint density at radius 1 is 1.07 bits per heavy atom. The number of nitrogens with zero attached hydrogens (tertiary/aromatic N) is 1. The molecule has 5 atom stereocenters. The molecule has 2 aliphatic rings. The molecular weight excluding hydrogens is 520 g/mol. The first-order valence-corrected chi connectivity index (χ1v) is 14.7. The minimum absolute atomic E-state index is 0.00306. The van der Waals surface area contributed by atoms with E-state index in [9.17, 15) is 14.7 Å². The lowest BCUT2D eigenvalue weighted by molar-refractivity contribution is -0.276. The van der Waals surface area contributed by atoms with Crippen molar-refractivity contribution >= 4 is 11.9 Å². The van der Waals surface area contributed by atoms with Crippen LogP contribution in [0.25, 0.3) is 0 Å². The Morgan fingerprint density at radius 2 is 1.71 bits per heavy atom. The van der Waals surface area contributed by atoms with Crippen LogP contribution >= 0.6 is 0 Å². The lowest BCUT2D eigenvalue weighted by Crippen LogP contribution is -2.47. The average Bonchev–Trinajstić information content (AvgIpc) is 3.52. The van der Waals surface area contributed by atoms with Crippen LogP contribution in [0.3, 0.4) is 0 Å². The first-order valence-electron chi connectivity index (χ1n) is 14.7. The van der Waals surface area contributed by atoms with E-state index in [-0.39, 0.29) is 30.6 Å². The average molecular weight is 565 g/mol. The third kappa shape index (κ3) is 8.26. The molecule has 1 amide bonds. The molecule has 8 nitrogen and oxygen atoms in total. The van der Waals surface area contributed by atoms with Crippen molar-refractivity contribution in [2.75, 3.05) is 13.1 Å². The van der Waals surface area contributed by atoms with E-state index in [2.05, 4.69) is 23.7 Å². The highest BCUT2D eigenvalue weighted by Gasteiger charge is 2.40. The lowest BCUT2D eigenvalue weighted by Gasteiger charge is -2.43. The molecule has 2 N–H and O–H groups in total. The van der Waals surface area contributed by atoms with Crippen LogP contribution in [-0.2, 0) is 37.0 Å². The predicted molar refractivity (Wildman–Crippen MR) is 157 cm³/mol. The maximum Gasteiger partial charge on any atom is 0.303 e. The quantitative estimate of drug-likeness (QED) is 0.278. The second-order valence-corrected chi connectivity index (χ2v) is 11.2. The van der Waals surface area contributed by atoms with Gasteiger partial charge in [0.1, 0.15) is 0 Å². The van der Waals surface area contributed by atoms with Crippen LogP contribution in [-0.4, -0.2) is 53.2 Å². The van der Waals surface area contributed by atoms with E-state index >= 15 is 0 Å². The van der Waals surface area contributed by atoms with Crippen LogP contribution in [0.2, 0.25) is 0 Å². The molecule has 41 heavy (non-hydrogen) atoms. The van der Waals surface area contributed by atoms with Crippen LogP contribution in [0.1, 0.15) is 81.1 Å². The summed E-state index contributed by atoms with van der Waals surface area (Å²) < 4.78 is 18.2. The number of aliphatic hydroxyl groups excluding tert-OH is 1. The van der Waals surface area contributed by atoms with E-state index in [4.69, 9.17) is 14.2 Å². The smallest absolute Gasteiger partial charge is 0.303 e. The van der Waals surface area contributed by atoms with Gasteiger partial charge in [0, 0.05) is 44.1 Å². The Morgan fingerprint density at radius 3 is 2.32 bits per heavy atom. The summed E-state index contributed by atoms with van der Waals surface area (Å²) in [4.78, 5) is 25.9. The monoisotopic (exact) mass is 564 g/mol. The summed E-state index contributed by atoms with van der Waals surface area (Å²) in [7, 11) is 0. The zero-order valence-corrected chi connectivity index (χ0v) is 24.5. The molecule has 1 heterocycles. The second kappa shape index (κ2) is 14.7. The summed E-state index contributed by atoms with van der Waals surface area (Å²) in [5, 5.41) is 12.3. The highest BCUT2D eigenvalue weighted by atomic mass is 16.7. The Balaban J connectivity index is 1.50. The largest absolute Gasteiger partial charge is 0.453 e. The van der Waals surface area contributed by atoms with Crippen LogP contribution in [0.4, 0.5) is 0 Å². The Kier molecular flexibility index (Phi) is 11.1. The van der Waals surface area contributed by atoms with Gasteiger partial charge in [-0.15, -0.1) is 6.58 Å². The molecule has 2 aromatic carbocycles. The number of amides is 1. The fourth-order valence-corrected chi connectivity index (χ4v) is 5.80. The molecule has 1 aliphatic heterocycles. The third-order valence-electron chi connectivity index (χ3n) is 8.17. The van der Waals surface area contributed by atoms with Gasteiger partial charge >= 0.3 is 5.97 Å². The van der Waals surface area contributed by atoms with Crippen molar-refractivity contribution in [3.8, 4) is 0 Å². The number of ether oxygens (including phenoxy) is 3. The first-order chi connectivity index (χ1) is 19.8. The third-order valence-corrected chi connectivity index (χ3v) is 8.17. The molecule has 1 saturated heterocycles. The van der Waals surface area contributed by atoms with Gasteiger partial charge in [-0.2, -0.15) is 0 Å². The zero-order chi connectivity index (χ0) is 29.4. The number of rotatable bonds is 12. The maximum atomic E-state index is 12.2. The van der Waals surface area contributed by atoms with E-state index in [1.807, 2.05) is 54.6 Å². The van der Waals surface area contributed by atoms with Crippen molar-refractivity contribution in [2.45, 2.75) is 90.2 Å². The number of aliphatic hydroxyl groups is 1. The standard InChI is InChI=1S/C33H44N2O6/c1-5-18-35(29-8-6-7-9-29)20-30-22(2)31(27-14-12-26(21-36)13-15-27)41-33(40-30)28-16-10-25(11-17-28)19-34-32(38)23(3)39-24(4)37/h5,10-17,22-23,29-31,33,36H,1,6-9,18-21H2,2-4H3,(H,34,38)/t22-,23+,30+,31+,33+/m1/s1. The van der Waals surface area contributed by atoms with Gasteiger partial charge in [0.2, 0.25) is 0 Å². The molecule has 1 saturated carbocycles. The van der Waals surface area contributed by atoms with E-state index in [1.165, 1.54) is 32.6 Å². The molecule has 0 unspecified atom stereocenters. The van der Waals surface area contributed by atoms with Crippen LogP contribution < -0.4 is 5.32 Å². The molecule has 8 heteroatoms. The number of carbonyl (C=O) groups excluding carboxylic acids is 2. The van der Waals surface area contributed by atoms with E-state index in [0.717, 1.165) is 35.3 Å². The van der Waals surface area contributed by atoms with Gasteiger partial charge in [0.15, 0.2) is 12.4 Å². The van der Waals surface area contributed by atoms with Crippen molar-refractivity contribution in [3.05, 3.63) is 83.4 Å². The SMILES string of the molecule is C=CCN(C[C@@H]1O[C@H](c2ccc(CNC(=O)[C@H](C)OC(C)=O)cc2)O[C@H](c2ccc(CO)cc2)[C@@H]1C)C1CCCC1. The van der Waals surface area contributed by atoms with Gasteiger partial charge in [0.25, 0.3) is 5.91 Å². The van der Waals surface area contributed by atoms with Crippen molar-refractivity contribution in [2.24, 2.45) is 5.92 Å². The van der Waals surface area contributed by atoms with E-state index in [0.29, 0.717) is 12.6 Å². The fraction of sp³-hybridized carbons (Fsp3) is 0.515. The minimum Gasteiger partial charge on any atom is -0.453 e. The number of esters is 1. The van der Waals surface area contributed by atoms with Gasteiger partial charge in [-0.1, -0.05) is 74.4 Å². The normalized spacial score (nSPS) is 23.7. The van der Waals surface area contributed by atoms with Crippen molar-refractivity contribution in [1.29, 1.82) is 0 Å². The summed E-state index contributed by atoms with van der Waals surface area (Å²) in [5.41, 5.74) is 3.74. The summed E-state index contributed by atoms with van der Waals surface area (Å²) in [5.74, 6) is -0.731. The van der Waals surface area contributed by atoms with Crippen molar-refractivity contribution in [1.82, 2.24) is 10.2 Å². The van der Waals surface area contributed by atoms with Gasteiger partial charge in [-0.05, 0) is 36.5 Å². The number of carbonyl (C=O) groups is 2. The van der Waals surface area contributed by atoms with Gasteiger partial charge in [-0.3, -0.25) is 14.5 Å². The molecule has 0 aromatic heterocycles. The van der Waals surface area contributed by atoms with E-state index in [1.54, 1.807) is 6.92 Å². The molecule has 0 bridgehead atoms. The summed E-state index contributed by atoms with van der Waals surface area (Å²) in [6, 6.07) is 16.3. The fourth-order valence-electron chi connectivity index (χ4n) is 5.80. The molecular formula is C33H44N2O6. The second-order valence-electron chi connectivity index (χ2n) is 11.2. The van der Waals surface area contributed by atoms with Crippen LogP contribution in [0.5, 0.6) is 0 Å². The van der Waals surface area contributed by atoms with Gasteiger partial charge < -0.3 is 24.6 Å². The number of benzene rings is 2. The maximum absolute atomic E-state index is 12.2. The first kappa shape index (κ1) is 30.9. The molecule has 0 radical (unpaired) electrons. The van der Waals surface area contributed by atoms with E-state index < -0.39 is 18.4 Å². The topological polar surface area (TPSA) is 97.3 Å². The minimum atomic E-state index is -0.844. The lowest BCUT2D eigenvalue weighted by atomic mass is 9.89. The molecule has 4 rings (SSSR count). The molecule has 0 spiro atoms. The van der Waals surface area contributed by atoms with Crippen LogP contribution in [0, 0.1) is 5.92 Å². The highest BCUT2D eigenvalue weighted by molar-refractivity contribution is 5.82. The van der Waals surface area contributed by atoms with Crippen molar-refractivity contribution < 1.29 is 28.9 Å². The number of nitrogens with one attached hydrogen (secondary N) is 1. The van der Waals surface area contributed by atoms with Crippen molar-refractivity contribution in [3.63, 3.8) is 0 Å². The molecule has 2 aromatic rings. The number of hydrogen-bond acceptors (Lipinski definition) is 7. The Bertz CT molecular complexity index is 1150. The van der Waals surface area contributed by atoms with Crippen LogP contribution in [0.15, 0.2) is 61.2 Å². The number of hydrogen-bond donors (Lipinski definition) is 2. The Hall–Kier alpha value is -3.04. The predicted octanol–water partition coefficient (Wildman–Crippen LogP) is 4.97. The van der Waals surface area contributed by atoms with Gasteiger partial charge in [0.05, 0.1) is 18.8 Å². The molecule has 1 aliphatic carbocycles. The molecule has 222 valence electrons. The summed E-state index contributed by atoms with van der Waals surface area (Å²) in [6.07, 6.45) is 5.29. The summed E-state index contributed by atoms with van der Waals surface area (Å²) >= 11 is 0. The Labute approximate surface area is 243 Å². The highest BCUT2D eigenvalue weighted by Crippen LogP contribution is 2.42. The molecule has 2 fully saturated rings. The van der Waals surface area contributed by atoms with Gasteiger partial charge in [-0.25, -0.2) is 0 Å². The zero-order valence-electron chi connectivity index (χ0n) is 24.5. The summed E-state index contributed by atoms with van der Waals surface area (Å²) in [6.45, 7) is 11.0.